The van der Waals surface area contributed by atoms with E-state index in [0.717, 1.165) is 24.8 Å². The first kappa shape index (κ1) is 12.7. The van der Waals surface area contributed by atoms with Gasteiger partial charge in [-0.1, -0.05) is 18.6 Å². The summed E-state index contributed by atoms with van der Waals surface area (Å²) in [5.74, 6) is -1.39. The Kier molecular flexibility index (Phi) is 4.10. The molecule has 0 bridgehead atoms. The molecule has 16 heavy (non-hydrogen) atoms. The Morgan fingerprint density at radius 2 is 2.25 bits per heavy atom. The highest BCUT2D eigenvalue weighted by Crippen LogP contribution is 2.38. The molecular weight excluding hydrogens is 208 g/mol. The molecule has 0 aromatic heterocycles. The smallest absolute Gasteiger partial charge is 0.314 e. The lowest BCUT2D eigenvalue weighted by Gasteiger charge is -2.30. The Balaban J connectivity index is 2.96. The minimum atomic E-state index is -1.04. The number of methoxy groups -OCH3 is 1. The number of carbonyl (C=O) groups is 2. The van der Waals surface area contributed by atoms with Crippen molar-refractivity contribution in [3.8, 4) is 0 Å². The highest BCUT2D eigenvalue weighted by molar-refractivity contribution is 5.84. The summed E-state index contributed by atoms with van der Waals surface area (Å²) >= 11 is 0. The summed E-state index contributed by atoms with van der Waals surface area (Å²) in [7, 11) is 1.28. The summed E-state index contributed by atoms with van der Waals surface area (Å²) in [6, 6.07) is 0. The van der Waals surface area contributed by atoms with Crippen LogP contribution in [0.15, 0.2) is 11.6 Å². The number of allylic oxidation sites excluding steroid dienone is 1. The van der Waals surface area contributed by atoms with Crippen LogP contribution in [0.25, 0.3) is 0 Å². The molecule has 0 aromatic rings. The van der Waals surface area contributed by atoms with Crippen LogP contribution in [-0.4, -0.2) is 24.2 Å². The Morgan fingerprint density at radius 3 is 2.75 bits per heavy atom. The van der Waals surface area contributed by atoms with Gasteiger partial charge < -0.3 is 9.84 Å². The molecule has 0 saturated heterocycles. The van der Waals surface area contributed by atoms with E-state index in [4.69, 9.17) is 0 Å². The van der Waals surface area contributed by atoms with Crippen molar-refractivity contribution < 1.29 is 19.4 Å². The van der Waals surface area contributed by atoms with E-state index < -0.39 is 17.4 Å². The van der Waals surface area contributed by atoms with Crippen molar-refractivity contribution in [2.45, 2.75) is 39.0 Å². The number of hydrogen-bond donors (Lipinski definition) is 1. The van der Waals surface area contributed by atoms with Crippen LogP contribution in [0.3, 0.4) is 0 Å². The second-order valence-corrected chi connectivity index (χ2v) is 4.22. The summed E-state index contributed by atoms with van der Waals surface area (Å²) in [5, 5.41) is 9.29. The van der Waals surface area contributed by atoms with Gasteiger partial charge in [0.15, 0.2) is 0 Å². The Labute approximate surface area is 95.3 Å². The van der Waals surface area contributed by atoms with E-state index in [1.807, 2.05) is 6.92 Å². The second-order valence-electron chi connectivity index (χ2n) is 4.22. The lowest BCUT2D eigenvalue weighted by atomic mass is 9.73. The average Bonchev–Trinajstić information content (AvgIpc) is 2.28. The zero-order chi connectivity index (χ0) is 12.2. The van der Waals surface area contributed by atoms with Crippen LogP contribution in [0.2, 0.25) is 0 Å². The van der Waals surface area contributed by atoms with Gasteiger partial charge in [0.2, 0.25) is 0 Å². The third-order valence-corrected chi connectivity index (χ3v) is 3.17. The van der Waals surface area contributed by atoms with Crippen LogP contribution in [0.1, 0.15) is 39.0 Å². The number of carboxylic acids is 1. The van der Waals surface area contributed by atoms with E-state index >= 15 is 0 Å². The Morgan fingerprint density at radius 1 is 1.56 bits per heavy atom. The molecule has 1 aliphatic carbocycles. The molecule has 1 aliphatic rings. The fraction of sp³-hybridized carbons (Fsp3) is 0.667. The van der Waals surface area contributed by atoms with Gasteiger partial charge in [-0.3, -0.25) is 9.59 Å². The molecule has 0 aromatic carbocycles. The topological polar surface area (TPSA) is 63.6 Å². The maximum absolute atomic E-state index is 11.3. The lowest BCUT2D eigenvalue weighted by Crippen LogP contribution is -2.34. The number of carbonyl (C=O) groups excluding carboxylic acids is 1. The van der Waals surface area contributed by atoms with E-state index in [2.05, 4.69) is 4.74 Å². The van der Waals surface area contributed by atoms with Crippen LogP contribution in [0, 0.1) is 5.41 Å². The Bertz CT molecular complexity index is 319. The van der Waals surface area contributed by atoms with Gasteiger partial charge in [0.05, 0.1) is 18.9 Å². The quantitative estimate of drug-likeness (QED) is 0.589. The normalized spacial score (nSPS) is 24.8. The van der Waals surface area contributed by atoms with E-state index in [9.17, 15) is 14.7 Å². The first-order chi connectivity index (χ1) is 7.54. The van der Waals surface area contributed by atoms with E-state index in [-0.39, 0.29) is 6.42 Å². The molecule has 0 fully saturated rings. The molecule has 1 N–H and O–H groups in total. The molecule has 0 saturated carbocycles. The molecule has 0 aliphatic heterocycles. The van der Waals surface area contributed by atoms with Crippen molar-refractivity contribution in [1.29, 1.82) is 0 Å². The van der Waals surface area contributed by atoms with Gasteiger partial charge in [-0.15, -0.1) is 0 Å². The molecular formula is C12H18O4. The number of carboxylic acid groups (broad SMARTS) is 1. The lowest BCUT2D eigenvalue weighted by molar-refractivity contribution is -0.154. The van der Waals surface area contributed by atoms with Gasteiger partial charge in [-0.25, -0.2) is 0 Å². The van der Waals surface area contributed by atoms with Gasteiger partial charge in [0.1, 0.15) is 0 Å². The fourth-order valence-electron chi connectivity index (χ4n) is 2.16. The van der Waals surface area contributed by atoms with Crippen LogP contribution >= 0.6 is 0 Å². The van der Waals surface area contributed by atoms with E-state index in [0.29, 0.717) is 6.42 Å². The first-order valence-corrected chi connectivity index (χ1v) is 5.55. The number of esters is 1. The maximum atomic E-state index is 11.3. The summed E-state index contributed by atoms with van der Waals surface area (Å²) in [5.41, 5.74) is 0.0778. The molecule has 0 spiro atoms. The van der Waals surface area contributed by atoms with Crippen molar-refractivity contribution in [3.05, 3.63) is 11.6 Å². The molecule has 0 unspecified atom stereocenters. The SMILES string of the molecule is CCC1=C[C@](CC(=O)OC)(C(=O)O)CCC1. The Hall–Kier alpha value is -1.32. The largest absolute Gasteiger partial charge is 0.481 e. The molecule has 0 heterocycles. The maximum Gasteiger partial charge on any atom is 0.314 e. The molecule has 4 nitrogen and oxygen atoms in total. The molecule has 1 rings (SSSR count). The van der Waals surface area contributed by atoms with Crippen molar-refractivity contribution in [2.24, 2.45) is 5.41 Å². The summed E-state index contributed by atoms with van der Waals surface area (Å²) in [4.78, 5) is 22.6. The molecule has 4 heteroatoms. The molecule has 1 atom stereocenters. The van der Waals surface area contributed by atoms with Crippen molar-refractivity contribution >= 4 is 11.9 Å². The zero-order valence-electron chi connectivity index (χ0n) is 9.78. The highest BCUT2D eigenvalue weighted by atomic mass is 16.5. The van der Waals surface area contributed by atoms with Crippen LogP contribution in [0.5, 0.6) is 0 Å². The van der Waals surface area contributed by atoms with Gasteiger partial charge in [-0.05, 0) is 25.7 Å². The van der Waals surface area contributed by atoms with Crippen molar-refractivity contribution in [2.75, 3.05) is 7.11 Å². The fourth-order valence-corrected chi connectivity index (χ4v) is 2.16. The van der Waals surface area contributed by atoms with E-state index in [1.54, 1.807) is 6.08 Å². The third-order valence-electron chi connectivity index (χ3n) is 3.17. The second kappa shape index (κ2) is 5.14. The number of rotatable bonds is 4. The minimum Gasteiger partial charge on any atom is -0.481 e. The zero-order valence-corrected chi connectivity index (χ0v) is 9.78. The number of aliphatic carboxylic acids is 1. The van der Waals surface area contributed by atoms with Gasteiger partial charge in [-0.2, -0.15) is 0 Å². The van der Waals surface area contributed by atoms with Gasteiger partial charge in [0, 0.05) is 0 Å². The first-order valence-electron chi connectivity index (χ1n) is 5.55. The van der Waals surface area contributed by atoms with Crippen LogP contribution in [0.4, 0.5) is 0 Å². The molecule has 90 valence electrons. The van der Waals surface area contributed by atoms with Crippen molar-refractivity contribution in [1.82, 2.24) is 0 Å². The summed E-state index contributed by atoms with van der Waals surface area (Å²) < 4.78 is 4.57. The summed E-state index contributed by atoms with van der Waals surface area (Å²) in [6.45, 7) is 2.00. The minimum absolute atomic E-state index is 0.0671. The molecule has 0 radical (unpaired) electrons. The van der Waals surface area contributed by atoms with Crippen LogP contribution < -0.4 is 0 Å². The monoisotopic (exact) mass is 226 g/mol. The van der Waals surface area contributed by atoms with Gasteiger partial charge in [0.25, 0.3) is 0 Å². The standard InChI is InChI=1S/C12H18O4/c1-3-9-5-4-6-12(7-9,11(14)15)8-10(13)16-2/h7H,3-6,8H2,1-2H3,(H,14,15)/t12-/m1/s1. The number of ether oxygens (including phenoxy) is 1. The highest BCUT2D eigenvalue weighted by Gasteiger charge is 2.40. The predicted octanol–water partition coefficient (Wildman–Crippen LogP) is 2.14. The molecule has 0 amide bonds. The summed E-state index contributed by atoms with van der Waals surface area (Å²) in [6.07, 6.45) is 4.81. The van der Waals surface area contributed by atoms with E-state index in [1.165, 1.54) is 7.11 Å². The van der Waals surface area contributed by atoms with Crippen molar-refractivity contribution in [3.63, 3.8) is 0 Å². The predicted molar refractivity (Wildman–Crippen MR) is 58.9 cm³/mol. The third kappa shape index (κ3) is 2.62. The van der Waals surface area contributed by atoms with Crippen LogP contribution in [-0.2, 0) is 14.3 Å². The average molecular weight is 226 g/mol. The van der Waals surface area contributed by atoms with Gasteiger partial charge >= 0.3 is 11.9 Å². The number of hydrogen-bond acceptors (Lipinski definition) is 3.